The van der Waals surface area contributed by atoms with Gasteiger partial charge in [0, 0.05) is 29.8 Å². The van der Waals surface area contributed by atoms with Gasteiger partial charge >= 0.3 is 0 Å². The van der Waals surface area contributed by atoms with Crippen molar-refractivity contribution in [1.29, 1.82) is 0 Å². The predicted octanol–water partition coefficient (Wildman–Crippen LogP) is 4.63. The van der Waals surface area contributed by atoms with Gasteiger partial charge in [-0.25, -0.2) is 17.6 Å². The highest BCUT2D eigenvalue weighted by atomic mass is 19.2. The van der Waals surface area contributed by atoms with Gasteiger partial charge in [-0.15, -0.1) is 0 Å². The molecule has 2 aliphatic heterocycles. The minimum atomic E-state index is -1.71. The average Bonchev–Trinajstić information content (AvgIpc) is 3.07. The zero-order valence-corrected chi connectivity index (χ0v) is 11.6. The van der Waals surface area contributed by atoms with Gasteiger partial charge in [-0.2, -0.15) is 0 Å². The molecule has 114 valence electrons. The Bertz CT molecular complexity index is 701. The zero-order chi connectivity index (χ0) is 15.4. The van der Waals surface area contributed by atoms with Gasteiger partial charge in [0.2, 0.25) is 0 Å². The van der Waals surface area contributed by atoms with E-state index < -0.39 is 23.3 Å². The van der Waals surface area contributed by atoms with Crippen LogP contribution in [0.4, 0.5) is 17.6 Å². The van der Waals surface area contributed by atoms with Crippen molar-refractivity contribution in [3.8, 4) is 0 Å². The quantitative estimate of drug-likeness (QED) is 0.444. The number of hydrogen-bond acceptors (Lipinski definition) is 1. The monoisotopic (exact) mass is 307 g/mol. The maximum absolute atomic E-state index is 14.1. The maximum atomic E-state index is 14.1. The number of fused-ring (bicyclic) bond motifs is 5. The molecule has 0 aromatic heterocycles. The summed E-state index contributed by atoms with van der Waals surface area (Å²) in [5.41, 5.74) is 1.01. The molecular weight excluding hydrogens is 294 g/mol. The number of hydrogen-bond donors (Lipinski definition) is 0. The van der Waals surface area contributed by atoms with E-state index in [1.54, 1.807) is 0 Å². The van der Waals surface area contributed by atoms with Crippen LogP contribution in [0.25, 0.3) is 0 Å². The van der Waals surface area contributed by atoms with Gasteiger partial charge in [-0.05, 0) is 18.4 Å². The molecule has 2 aliphatic rings. The summed E-state index contributed by atoms with van der Waals surface area (Å²) in [6.45, 7) is 0.507. The van der Waals surface area contributed by atoms with Gasteiger partial charge in [0.1, 0.15) is 0 Å². The van der Waals surface area contributed by atoms with E-state index in [9.17, 15) is 17.6 Å². The first kappa shape index (κ1) is 13.8. The third-order valence-corrected chi connectivity index (χ3v) is 4.73. The molecule has 2 aromatic rings. The van der Waals surface area contributed by atoms with Crippen LogP contribution in [0.3, 0.4) is 0 Å². The first-order valence-electron chi connectivity index (χ1n) is 7.25. The van der Waals surface area contributed by atoms with E-state index in [0.717, 1.165) is 5.56 Å². The Labute approximate surface area is 125 Å². The lowest BCUT2D eigenvalue weighted by Gasteiger charge is -2.22. The summed E-state index contributed by atoms with van der Waals surface area (Å²) in [7, 11) is 0. The standard InChI is InChI=1S/C17H13F4N/c18-14-12-10-6-7-11(13(12)15(19)17(21)16(14)20)22(10)8-9-4-2-1-3-5-9/h1-5,10-11H,6-8H2. The van der Waals surface area contributed by atoms with Crippen molar-refractivity contribution in [3.63, 3.8) is 0 Å². The Morgan fingerprint density at radius 2 is 1.27 bits per heavy atom. The molecule has 0 amide bonds. The van der Waals surface area contributed by atoms with E-state index in [1.165, 1.54) is 0 Å². The van der Waals surface area contributed by atoms with Gasteiger partial charge in [0.25, 0.3) is 0 Å². The second-order valence-corrected chi connectivity index (χ2v) is 5.85. The van der Waals surface area contributed by atoms with Crippen LogP contribution < -0.4 is 0 Å². The summed E-state index contributed by atoms with van der Waals surface area (Å²) in [6.07, 6.45) is 1.26. The molecule has 2 bridgehead atoms. The van der Waals surface area contributed by atoms with Crippen LogP contribution in [0.1, 0.15) is 41.6 Å². The summed E-state index contributed by atoms with van der Waals surface area (Å²) >= 11 is 0. The van der Waals surface area contributed by atoms with Crippen molar-refractivity contribution < 1.29 is 17.6 Å². The van der Waals surface area contributed by atoms with E-state index in [4.69, 9.17) is 0 Å². The molecule has 0 aliphatic carbocycles. The minimum absolute atomic E-state index is 0.00332. The van der Waals surface area contributed by atoms with Crippen molar-refractivity contribution in [1.82, 2.24) is 4.90 Å². The lowest BCUT2D eigenvalue weighted by molar-refractivity contribution is 0.210. The van der Waals surface area contributed by atoms with Crippen LogP contribution in [0.5, 0.6) is 0 Å². The molecule has 0 N–H and O–H groups in total. The Hall–Kier alpha value is -1.88. The Morgan fingerprint density at radius 1 is 0.773 bits per heavy atom. The van der Waals surface area contributed by atoms with Crippen LogP contribution in [0, 0.1) is 23.3 Å². The summed E-state index contributed by atoms with van der Waals surface area (Å²) in [5.74, 6) is -5.88. The van der Waals surface area contributed by atoms with Crippen LogP contribution in [-0.4, -0.2) is 4.90 Å². The number of nitrogens with zero attached hydrogens (tertiary/aromatic N) is 1. The van der Waals surface area contributed by atoms with Gasteiger partial charge in [0.15, 0.2) is 23.3 Å². The topological polar surface area (TPSA) is 3.24 Å². The minimum Gasteiger partial charge on any atom is -0.285 e. The van der Waals surface area contributed by atoms with E-state index in [2.05, 4.69) is 0 Å². The summed E-state index contributed by atoms with van der Waals surface area (Å²) < 4.78 is 55.2. The zero-order valence-electron chi connectivity index (χ0n) is 11.6. The first-order chi connectivity index (χ1) is 10.6. The van der Waals surface area contributed by atoms with Crippen LogP contribution in [-0.2, 0) is 6.54 Å². The molecular formula is C17H13F4N. The Morgan fingerprint density at radius 3 is 1.77 bits per heavy atom. The van der Waals surface area contributed by atoms with E-state index in [1.807, 2.05) is 35.2 Å². The molecule has 1 nitrogen and oxygen atoms in total. The molecule has 1 fully saturated rings. The molecule has 2 heterocycles. The molecule has 4 rings (SSSR count). The molecule has 0 saturated carbocycles. The lowest BCUT2D eigenvalue weighted by atomic mass is 9.90. The van der Waals surface area contributed by atoms with Gasteiger partial charge < -0.3 is 0 Å². The summed E-state index contributed by atoms with van der Waals surface area (Å²) in [6, 6.07) is 8.75. The third-order valence-electron chi connectivity index (χ3n) is 4.73. The van der Waals surface area contributed by atoms with Gasteiger partial charge in [0.05, 0.1) is 0 Å². The molecule has 0 radical (unpaired) electrons. The fourth-order valence-electron chi connectivity index (χ4n) is 3.82. The van der Waals surface area contributed by atoms with Crippen LogP contribution in [0.15, 0.2) is 30.3 Å². The number of benzene rings is 2. The Kier molecular flexibility index (Phi) is 3.01. The normalized spacial score (nSPS) is 23.1. The smallest absolute Gasteiger partial charge is 0.197 e. The lowest BCUT2D eigenvalue weighted by Crippen LogP contribution is -2.19. The Balaban J connectivity index is 1.79. The van der Waals surface area contributed by atoms with E-state index in [0.29, 0.717) is 19.4 Å². The molecule has 1 saturated heterocycles. The second-order valence-electron chi connectivity index (χ2n) is 5.85. The third kappa shape index (κ3) is 1.75. The average molecular weight is 307 g/mol. The van der Waals surface area contributed by atoms with Crippen molar-refractivity contribution in [2.45, 2.75) is 31.5 Å². The molecule has 2 atom stereocenters. The molecule has 2 aromatic carbocycles. The van der Waals surface area contributed by atoms with Crippen molar-refractivity contribution in [2.24, 2.45) is 0 Å². The number of halogens is 4. The van der Waals surface area contributed by atoms with Crippen molar-refractivity contribution in [3.05, 3.63) is 70.3 Å². The first-order valence-corrected chi connectivity index (χ1v) is 7.25. The highest BCUT2D eigenvalue weighted by Gasteiger charge is 2.49. The predicted molar refractivity (Wildman–Crippen MR) is 73.0 cm³/mol. The van der Waals surface area contributed by atoms with Crippen molar-refractivity contribution in [2.75, 3.05) is 0 Å². The highest BCUT2D eigenvalue weighted by Crippen LogP contribution is 2.55. The maximum Gasteiger partial charge on any atom is 0.197 e. The molecule has 2 unspecified atom stereocenters. The van der Waals surface area contributed by atoms with Crippen LogP contribution >= 0.6 is 0 Å². The van der Waals surface area contributed by atoms with Gasteiger partial charge in [-0.1, -0.05) is 30.3 Å². The summed E-state index contributed by atoms with van der Waals surface area (Å²) in [4.78, 5) is 1.94. The fraction of sp³-hybridized carbons (Fsp3) is 0.294. The molecule has 0 spiro atoms. The largest absolute Gasteiger partial charge is 0.285 e. The number of rotatable bonds is 2. The second kappa shape index (κ2) is 4.81. The van der Waals surface area contributed by atoms with E-state index >= 15 is 0 Å². The molecule has 22 heavy (non-hydrogen) atoms. The fourth-order valence-corrected chi connectivity index (χ4v) is 3.82. The van der Waals surface area contributed by atoms with Crippen LogP contribution in [0.2, 0.25) is 0 Å². The van der Waals surface area contributed by atoms with Gasteiger partial charge in [-0.3, -0.25) is 4.90 Å². The highest BCUT2D eigenvalue weighted by molar-refractivity contribution is 5.43. The summed E-state index contributed by atoms with van der Waals surface area (Å²) in [5, 5.41) is 0. The SMILES string of the molecule is Fc1c(F)c(F)c2c(c1F)C1CCC2N1Cc1ccccc1. The molecule has 5 heteroatoms. The van der Waals surface area contributed by atoms with Crippen molar-refractivity contribution >= 4 is 0 Å². The van der Waals surface area contributed by atoms with E-state index in [-0.39, 0.29) is 23.2 Å².